The molecule has 1 aromatic heterocycles. The third kappa shape index (κ3) is 3.63. The van der Waals surface area contributed by atoms with Gasteiger partial charge in [0.2, 0.25) is 0 Å². The number of piperidine rings is 1. The SMILES string of the molecule is CC(=O)CC1CCCCN1Cc1ccccn1. The molecule has 1 aromatic rings. The maximum absolute atomic E-state index is 11.3. The number of ketones is 1. The number of hydrogen-bond donors (Lipinski definition) is 0. The minimum absolute atomic E-state index is 0.294. The maximum atomic E-state index is 11.3. The van der Waals surface area contributed by atoms with Gasteiger partial charge in [-0.25, -0.2) is 0 Å². The minimum Gasteiger partial charge on any atom is -0.300 e. The molecule has 0 amide bonds. The van der Waals surface area contributed by atoms with Crippen molar-refractivity contribution in [2.75, 3.05) is 6.54 Å². The molecule has 3 nitrogen and oxygen atoms in total. The Morgan fingerprint density at radius 3 is 3.06 bits per heavy atom. The van der Waals surface area contributed by atoms with Crippen LogP contribution >= 0.6 is 0 Å². The van der Waals surface area contributed by atoms with Crippen molar-refractivity contribution in [3.8, 4) is 0 Å². The molecular formula is C14H20N2O. The summed E-state index contributed by atoms with van der Waals surface area (Å²) in [5.41, 5.74) is 1.10. The summed E-state index contributed by atoms with van der Waals surface area (Å²) in [4.78, 5) is 18.0. The molecule has 1 fully saturated rings. The molecule has 0 aliphatic carbocycles. The van der Waals surface area contributed by atoms with Gasteiger partial charge in [0, 0.05) is 25.2 Å². The van der Waals surface area contributed by atoms with Crippen LogP contribution in [0.3, 0.4) is 0 Å². The molecule has 1 atom stereocenters. The van der Waals surface area contributed by atoms with Gasteiger partial charge in [-0.15, -0.1) is 0 Å². The smallest absolute Gasteiger partial charge is 0.131 e. The Morgan fingerprint density at radius 2 is 2.35 bits per heavy atom. The molecule has 1 saturated heterocycles. The summed E-state index contributed by atoms with van der Waals surface area (Å²) in [5.74, 6) is 0.294. The van der Waals surface area contributed by atoms with Crippen molar-refractivity contribution in [3.05, 3.63) is 30.1 Å². The number of hydrogen-bond acceptors (Lipinski definition) is 3. The third-order valence-corrected chi connectivity index (χ3v) is 3.36. The lowest BCUT2D eigenvalue weighted by atomic mass is 9.97. The molecule has 92 valence electrons. The Morgan fingerprint density at radius 1 is 1.47 bits per heavy atom. The summed E-state index contributed by atoms with van der Waals surface area (Å²) < 4.78 is 0. The first kappa shape index (κ1) is 12.2. The van der Waals surface area contributed by atoms with Crippen molar-refractivity contribution in [3.63, 3.8) is 0 Å². The van der Waals surface area contributed by atoms with E-state index in [4.69, 9.17) is 0 Å². The summed E-state index contributed by atoms with van der Waals surface area (Å²) >= 11 is 0. The quantitative estimate of drug-likeness (QED) is 0.799. The fourth-order valence-electron chi connectivity index (χ4n) is 2.53. The number of nitrogens with zero attached hydrogens (tertiary/aromatic N) is 2. The van der Waals surface area contributed by atoms with Gasteiger partial charge in [-0.2, -0.15) is 0 Å². The molecule has 0 spiro atoms. The second-order valence-corrected chi connectivity index (χ2v) is 4.85. The van der Waals surface area contributed by atoms with Gasteiger partial charge < -0.3 is 0 Å². The Labute approximate surface area is 103 Å². The van der Waals surface area contributed by atoms with Crippen LogP contribution < -0.4 is 0 Å². The van der Waals surface area contributed by atoms with Gasteiger partial charge in [0.1, 0.15) is 5.78 Å². The highest BCUT2D eigenvalue weighted by atomic mass is 16.1. The Hall–Kier alpha value is -1.22. The van der Waals surface area contributed by atoms with Crippen LogP contribution in [0.2, 0.25) is 0 Å². The zero-order valence-corrected chi connectivity index (χ0v) is 10.4. The summed E-state index contributed by atoms with van der Waals surface area (Å²) in [7, 11) is 0. The molecule has 1 unspecified atom stereocenters. The lowest BCUT2D eigenvalue weighted by Gasteiger charge is -2.35. The summed E-state index contributed by atoms with van der Waals surface area (Å²) in [6.45, 7) is 3.65. The van der Waals surface area contributed by atoms with Crippen LogP contribution in [0.1, 0.15) is 38.3 Å². The Balaban J connectivity index is 1.99. The van der Waals surface area contributed by atoms with Crippen LogP contribution in [0.15, 0.2) is 24.4 Å². The number of rotatable bonds is 4. The van der Waals surface area contributed by atoms with E-state index in [-0.39, 0.29) is 0 Å². The second-order valence-electron chi connectivity index (χ2n) is 4.85. The van der Waals surface area contributed by atoms with Gasteiger partial charge in [-0.3, -0.25) is 14.7 Å². The van der Waals surface area contributed by atoms with Crippen molar-refractivity contribution in [1.82, 2.24) is 9.88 Å². The van der Waals surface area contributed by atoms with Crippen molar-refractivity contribution < 1.29 is 4.79 Å². The average molecular weight is 232 g/mol. The van der Waals surface area contributed by atoms with Gasteiger partial charge in [0.25, 0.3) is 0 Å². The van der Waals surface area contributed by atoms with Crippen LogP contribution in [-0.2, 0) is 11.3 Å². The lowest BCUT2D eigenvalue weighted by molar-refractivity contribution is -0.118. The van der Waals surface area contributed by atoms with Gasteiger partial charge in [-0.05, 0) is 38.4 Å². The van der Waals surface area contributed by atoms with E-state index >= 15 is 0 Å². The maximum Gasteiger partial charge on any atom is 0.131 e. The van der Waals surface area contributed by atoms with E-state index in [0.717, 1.165) is 25.2 Å². The van der Waals surface area contributed by atoms with Crippen LogP contribution in [0, 0.1) is 0 Å². The molecule has 1 aliphatic heterocycles. The van der Waals surface area contributed by atoms with Gasteiger partial charge in [-0.1, -0.05) is 12.5 Å². The molecular weight excluding hydrogens is 212 g/mol. The number of aromatic nitrogens is 1. The van der Waals surface area contributed by atoms with E-state index in [1.165, 1.54) is 12.8 Å². The van der Waals surface area contributed by atoms with Crippen LogP contribution in [0.25, 0.3) is 0 Å². The van der Waals surface area contributed by atoms with Crippen LogP contribution in [0.5, 0.6) is 0 Å². The number of Topliss-reactive ketones (excluding diaryl/α,β-unsaturated/α-hetero) is 1. The molecule has 0 N–H and O–H groups in total. The molecule has 0 radical (unpaired) electrons. The zero-order chi connectivity index (χ0) is 12.1. The van der Waals surface area contributed by atoms with E-state index in [9.17, 15) is 4.79 Å². The molecule has 3 heteroatoms. The Bertz CT molecular complexity index is 364. The number of pyridine rings is 1. The molecule has 0 aromatic carbocycles. The Kier molecular flexibility index (Phi) is 4.26. The standard InChI is InChI=1S/C14H20N2O/c1-12(17)10-14-7-3-5-9-16(14)11-13-6-2-4-8-15-13/h2,4,6,8,14H,3,5,7,9-11H2,1H3. The molecule has 0 bridgehead atoms. The summed E-state index contributed by atoms with van der Waals surface area (Å²) in [6, 6.07) is 6.43. The first-order valence-corrected chi connectivity index (χ1v) is 6.39. The normalized spacial score (nSPS) is 21.4. The van der Waals surface area contributed by atoms with E-state index in [2.05, 4.69) is 16.0 Å². The average Bonchev–Trinajstić information content (AvgIpc) is 2.32. The molecule has 17 heavy (non-hydrogen) atoms. The fraction of sp³-hybridized carbons (Fsp3) is 0.571. The summed E-state index contributed by atoms with van der Waals surface area (Å²) in [5, 5.41) is 0. The molecule has 2 rings (SSSR count). The second kappa shape index (κ2) is 5.92. The van der Waals surface area contributed by atoms with Crippen molar-refractivity contribution >= 4 is 5.78 Å². The number of carbonyl (C=O) groups excluding carboxylic acids is 1. The highest BCUT2D eigenvalue weighted by Crippen LogP contribution is 2.21. The highest BCUT2D eigenvalue weighted by molar-refractivity contribution is 5.76. The topological polar surface area (TPSA) is 33.2 Å². The first-order valence-electron chi connectivity index (χ1n) is 6.39. The van der Waals surface area contributed by atoms with E-state index < -0.39 is 0 Å². The molecule has 0 saturated carbocycles. The van der Waals surface area contributed by atoms with Gasteiger partial charge in [0.15, 0.2) is 0 Å². The van der Waals surface area contributed by atoms with Crippen molar-refractivity contribution in [1.29, 1.82) is 0 Å². The van der Waals surface area contributed by atoms with Crippen LogP contribution in [0.4, 0.5) is 0 Å². The van der Waals surface area contributed by atoms with Crippen LogP contribution in [-0.4, -0.2) is 28.3 Å². The number of likely N-dealkylation sites (tertiary alicyclic amines) is 1. The lowest BCUT2D eigenvalue weighted by Crippen LogP contribution is -2.40. The summed E-state index contributed by atoms with van der Waals surface area (Å²) in [6.07, 6.45) is 6.15. The third-order valence-electron chi connectivity index (χ3n) is 3.36. The van der Waals surface area contributed by atoms with Gasteiger partial charge in [0.05, 0.1) is 5.69 Å². The predicted octanol–water partition coefficient (Wildman–Crippen LogP) is 2.42. The van der Waals surface area contributed by atoms with Crippen molar-refractivity contribution in [2.24, 2.45) is 0 Å². The zero-order valence-electron chi connectivity index (χ0n) is 10.4. The van der Waals surface area contributed by atoms with E-state index in [0.29, 0.717) is 18.2 Å². The largest absolute Gasteiger partial charge is 0.300 e. The fourth-order valence-corrected chi connectivity index (χ4v) is 2.53. The minimum atomic E-state index is 0.294. The van der Waals surface area contributed by atoms with Gasteiger partial charge >= 0.3 is 0 Å². The monoisotopic (exact) mass is 232 g/mol. The first-order chi connectivity index (χ1) is 8.25. The molecule has 1 aliphatic rings. The van der Waals surface area contributed by atoms with E-state index in [1.807, 2.05) is 18.3 Å². The molecule has 2 heterocycles. The predicted molar refractivity (Wildman–Crippen MR) is 67.6 cm³/mol. The highest BCUT2D eigenvalue weighted by Gasteiger charge is 2.23. The number of carbonyl (C=O) groups is 1. The van der Waals surface area contributed by atoms with E-state index in [1.54, 1.807) is 6.92 Å². The van der Waals surface area contributed by atoms with Crippen molar-refractivity contribution in [2.45, 2.75) is 45.2 Å².